The molecule has 22 heavy (non-hydrogen) atoms. The van der Waals surface area contributed by atoms with E-state index in [0.717, 1.165) is 11.1 Å². The third-order valence-corrected chi connectivity index (χ3v) is 3.31. The topological polar surface area (TPSA) is 87.2 Å². The average molecular weight is 297 g/mol. The zero-order valence-corrected chi connectivity index (χ0v) is 11.9. The third-order valence-electron chi connectivity index (χ3n) is 3.31. The number of carbonyl (C=O) groups excluding carboxylic acids is 1. The van der Waals surface area contributed by atoms with Gasteiger partial charge in [0.25, 0.3) is 0 Å². The number of benzene rings is 2. The van der Waals surface area contributed by atoms with Gasteiger partial charge in [-0.05, 0) is 23.8 Å². The highest BCUT2D eigenvalue weighted by Crippen LogP contribution is 2.23. The molecule has 3 rings (SSSR count). The van der Waals surface area contributed by atoms with E-state index in [4.69, 9.17) is 0 Å². The lowest BCUT2D eigenvalue weighted by Crippen LogP contribution is -2.10. The number of methoxy groups -OCH3 is 1. The maximum atomic E-state index is 11.2. The average Bonchev–Trinajstić information content (AvgIpc) is 2.98. The molecule has 0 spiro atoms. The first kappa shape index (κ1) is 14.1. The standard InChI is InChI=1S/C16H15N3O3/c1-22-16(21)17-11-7-8-12-13(9-11)19-15(18-12)14(20)10-5-3-2-4-6-10/h2-9,14,20H,1H3,(H,17,21)(H,18,19). The number of amides is 1. The van der Waals surface area contributed by atoms with Gasteiger partial charge in [-0.2, -0.15) is 0 Å². The van der Waals surface area contributed by atoms with Gasteiger partial charge in [0.2, 0.25) is 0 Å². The van der Waals surface area contributed by atoms with Crippen molar-refractivity contribution < 1.29 is 14.6 Å². The molecule has 0 bridgehead atoms. The molecule has 3 N–H and O–H groups in total. The second-order valence-corrected chi connectivity index (χ2v) is 4.78. The van der Waals surface area contributed by atoms with Crippen LogP contribution in [0.2, 0.25) is 0 Å². The molecule has 0 aliphatic heterocycles. The summed E-state index contributed by atoms with van der Waals surface area (Å²) in [6.07, 6.45) is -1.37. The Bertz CT molecular complexity index is 799. The normalized spacial score (nSPS) is 12.1. The summed E-state index contributed by atoms with van der Waals surface area (Å²) in [6, 6.07) is 14.5. The van der Waals surface area contributed by atoms with Crippen molar-refractivity contribution in [2.75, 3.05) is 12.4 Å². The largest absolute Gasteiger partial charge is 0.453 e. The molecule has 1 heterocycles. The fourth-order valence-corrected chi connectivity index (χ4v) is 2.20. The molecule has 0 radical (unpaired) electrons. The number of aliphatic hydroxyl groups excluding tert-OH is 1. The van der Waals surface area contributed by atoms with Gasteiger partial charge < -0.3 is 14.8 Å². The lowest BCUT2D eigenvalue weighted by atomic mass is 10.1. The van der Waals surface area contributed by atoms with Crippen LogP contribution in [-0.2, 0) is 4.74 Å². The zero-order valence-electron chi connectivity index (χ0n) is 11.9. The van der Waals surface area contributed by atoms with Crippen LogP contribution in [0.25, 0.3) is 11.0 Å². The van der Waals surface area contributed by atoms with Crippen LogP contribution in [0.3, 0.4) is 0 Å². The monoisotopic (exact) mass is 297 g/mol. The van der Waals surface area contributed by atoms with E-state index in [1.165, 1.54) is 7.11 Å². The molecule has 1 amide bonds. The number of carbonyl (C=O) groups is 1. The number of rotatable bonds is 3. The molecule has 0 aliphatic carbocycles. The number of aliphatic hydroxyl groups is 1. The van der Waals surface area contributed by atoms with Crippen LogP contribution in [0.15, 0.2) is 48.5 Å². The number of anilines is 1. The van der Waals surface area contributed by atoms with E-state index in [0.29, 0.717) is 17.0 Å². The Morgan fingerprint density at radius 2 is 2.05 bits per heavy atom. The van der Waals surface area contributed by atoms with E-state index < -0.39 is 12.2 Å². The van der Waals surface area contributed by atoms with Gasteiger partial charge in [-0.3, -0.25) is 5.32 Å². The van der Waals surface area contributed by atoms with Crippen molar-refractivity contribution in [3.05, 3.63) is 59.9 Å². The summed E-state index contributed by atoms with van der Waals surface area (Å²) in [7, 11) is 1.30. The molecule has 3 aromatic rings. The Balaban J connectivity index is 1.91. The molecule has 112 valence electrons. The van der Waals surface area contributed by atoms with Gasteiger partial charge in [0.1, 0.15) is 11.9 Å². The molecule has 6 heteroatoms. The highest BCUT2D eigenvalue weighted by atomic mass is 16.5. The lowest BCUT2D eigenvalue weighted by molar-refractivity contribution is 0.187. The minimum Gasteiger partial charge on any atom is -0.453 e. The maximum absolute atomic E-state index is 11.2. The molecule has 0 fully saturated rings. The van der Waals surface area contributed by atoms with E-state index in [9.17, 15) is 9.90 Å². The molecule has 1 aromatic heterocycles. The minimum absolute atomic E-state index is 0.455. The van der Waals surface area contributed by atoms with Crippen molar-refractivity contribution in [1.82, 2.24) is 9.97 Å². The van der Waals surface area contributed by atoms with Gasteiger partial charge in [-0.25, -0.2) is 9.78 Å². The lowest BCUT2D eigenvalue weighted by Gasteiger charge is -2.06. The van der Waals surface area contributed by atoms with E-state index in [-0.39, 0.29) is 0 Å². The fourth-order valence-electron chi connectivity index (χ4n) is 2.20. The van der Waals surface area contributed by atoms with Crippen molar-refractivity contribution in [3.8, 4) is 0 Å². The van der Waals surface area contributed by atoms with E-state index >= 15 is 0 Å². The molecule has 0 saturated carbocycles. The Labute approximate surface area is 126 Å². The van der Waals surface area contributed by atoms with Crippen LogP contribution in [0.5, 0.6) is 0 Å². The molecule has 0 saturated heterocycles. The summed E-state index contributed by atoms with van der Waals surface area (Å²) in [6.45, 7) is 0. The summed E-state index contributed by atoms with van der Waals surface area (Å²) in [5.74, 6) is 0.455. The first-order chi connectivity index (χ1) is 10.7. The summed E-state index contributed by atoms with van der Waals surface area (Å²) < 4.78 is 4.55. The maximum Gasteiger partial charge on any atom is 0.411 e. The van der Waals surface area contributed by atoms with Gasteiger partial charge in [0.05, 0.1) is 18.1 Å². The number of nitrogens with zero attached hydrogens (tertiary/aromatic N) is 1. The fraction of sp³-hybridized carbons (Fsp3) is 0.125. The Morgan fingerprint density at radius 3 is 2.77 bits per heavy atom. The van der Waals surface area contributed by atoms with E-state index in [1.807, 2.05) is 30.3 Å². The van der Waals surface area contributed by atoms with Gasteiger partial charge in [0.15, 0.2) is 0 Å². The zero-order chi connectivity index (χ0) is 15.5. The highest BCUT2D eigenvalue weighted by molar-refractivity contribution is 5.88. The summed E-state index contributed by atoms with van der Waals surface area (Å²) in [4.78, 5) is 18.7. The van der Waals surface area contributed by atoms with Crippen molar-refractivity contribution in [2.24, 2.45) is 0 Å². The Kier molecular flexibility index (Phi) is 3.76. The van der Waals surface area contributed by atoms with Gasteiger partial charge in [-0.15, -0.1) is 0 Å². The first-order valence-electron chi connectivity index (χ1n) is 6.75. The number of aromatic nitrogens is 2. The van der Waals surface area contributed by atoms with Gasteiger partial charge in [-0.1, -0.05) is 30.3 Å². The predicted octanol–water partition coefficient (Wildman–Crippen LogP) is 2.82. The number of ether oxygens (including phenoxy) is 1. The SMILES string of the molecule is COC(=O)Nc1ccc2nc(C(O)c3ccccc3)[nH]c2c1. The summed E-state index contributed by atoms with van der Waals surface area (Å²) in [5.41, 5.74) is 2.78. The number of nitrogens with one attached hydrogen (secondary N) is 2. The second-order valence-electron chi connectivity index (χ2n) is 4.78. The molecular weight excluding hydrogens is 282 g/mol. The molecule has 1 atom stereocenters. The van der Waals surface area contributed by atoms with Crippen LogP contribution in [0.4, 0.5) is 10.5 Å². The minimum atomic E-state index is -0.828. The number of fused-ring (bicyclic) bond motifs is 1. The second kappa shape index (κ2) is 5.87. The third kappa shape index (κ3) is 2.77. The van der Waals surface area contributed by atoms with Crippen molar-refractivity contribution in [3.63, 3.8) is 0 Å². The number of hydrogen-bond donors (Lipinski definition) is 3. The van der Waals surface area contributed by atoms with Gasteiger partial charge >= 0.3 is 6.09 Å². The van der Waals surface area contributed by atoms with Gasteiger partial charge in [0, 0.05) is 5.69 Å². The highest BCUT2D eigenvalue weighted by Gasteiger charge is 2.15. The van der Waals surface area contributed by atoms with Crippen LogP contribution in [0.1, 0.15) is 17.5 Å². The van der Waals surface area contributed by atoms with E-state index in [1.54, 1.807) is 18.2 Å². The molecular formula is C16H15N3O3. The first-order valence-corrected chi connectivity index (χ1v) is 6.75. The van der Waals surface area contributed by atoms with Crippen LogP contribution in [-0.4, -0.2) is 28.3 Å². The molecule has 0 aliphatic rings. The molecule has 2 aromatic carbocycles. The Morgan fingerprint density at radius 1 is 1.27 bits per heavy atom. The number of imidazole rings is 1. The van der Waals surface area contributed by atoms with Crippen LogP contribution < -0.4 is 5.32 Å². The van der Waals surface area contributed by atoms with Crippen molar-refractivity contribution in [2.45, 2.75) is 6.10 Å². The number of hydrogen-bond acceptors (Lipinski definition) is 4. The van der Waals surface area contributed by atoms with Crippen molar-refractivity contribution >= 4 is 22.8 Å². The summed E-state index contributed by atoms with van der Waals surface area (Å²) in [5, 5.41) is 12.9. The Hall–Kier alpha value is -2.86. The quantitative estimate of drug-likeness (QED) is 0.693. The summed E-state index contributed by atoms with van der Waals surface area (Å²) >= 11 is 0. The van der Waals surface area contributed by atoms with Crippen LogP contribution >= 0.6 is 0 Å². The smallest absolute Gasteiger partial charge is 0.411 e. The predicted molar refractivity (Wildman–Crippen MR) is 82.6 cm³/mol. The van der Waals surface area contributed by atoms with Crippen molar-refractivity contribution in [1.29, 1.82) is 0 Å². The number of aromatic amines is 1. The molecule has 1 unspecified atom stereocenters. The molecule has 6 nitrogen and oxygen atoms in total. The van der Waals surface area contributed by atoms with Crippen LogP contribution in [0, 0.1) is 0 Å². The number of H-pyrrole nitrogens is 1. The van der Waals surface area contributed by atoms with E-state index in [2.05, 4.69) is 20.0 Å².